The lowest BCUT2D eigenvalue weighted by Gasteiger charge is -2.31. The van der Waals surface area contributed by atoms with E-state index in [0.29, 0.717) is 6.54 Å². The summed E-state index contributed by atoms with van der Waals surface area (Å²) < 4.78 is 1.90. The molecule has 0 fully saturated rings. The van der Waals surface area contributed by atoms with Gasteiger partial charge in [-0.1, -0.05) is 24.3 Å². The molecule has 1 aromatic heterocycles. The van der Waals surface area contributed by atoms with E-state index in [1.807, 2.05) is 11.6 Å². The van der Waals surface area contributed by atoms with Crippen molar-refractivity contribution in [2.75, 3.05) is 13.1 Å². The van der Waals surface area contributed by atoms with E-state index in [2.05, 4.69) is 51.6 Å². The average molecular weight is 298 g/mol. The van der Waals surface area contributed by atoms with Crippen LogP contribution in [0.3, 0.4) is 0 Å². The SMILES string of the molecule is CCNC(=NCc1nncn1C)N1CCc2ccccc2C1. The Balaban J connectivity index is 1.75. The Morgan fingerprint density at radius 2 is 2.14 bits per heavy atom. The number of rotatable bonds is 3. The summed E-state index contributed by atoms with van der Waals surface area (Å²) in [7, 11) is 1.94. The molecule has 1 N–H and O–H groups in total. The minimum atomic E-state index is 0.539. The summed E-state index contributed by atoms with van der Waals surface area (Å²) in [6.07, 6.45) is 2.76. The van der Waals surface area contributed by atoms with E-state index in [1.54, 1.807) is 6.33 Å². The van der Waals surface area contributed by atoms with Gasteiger partial charge in [0.05, 0.1) is 0 Å². The van der Waals surface area contributed by atoms with Gasteiger partial charge in [0.2, 0.25) is 0 Å². The van der Waals surface area contributed by atoms with E-state index >= 15 is 0 Å². The van der Waals surface area contributed by atoms with Gasteiger partial charge in [-0.15, -0.1) is 10.2 Å². The van der Waals surface area contributed by atoms with Crippen molar-refractivity contribution in [3.05, 3.63) is 47.5 Å². The second-order valence-electron chi connectivity index (χ2n) is 5.47. The predicted octanol–water partition coefficient (Wildman–Crippen LogP) is 1.34. The quantitative estimate of drug-likeness (QED) is 0.686. The van der Waals surface area contributed by atoms with Gasteiger partial charge in [0, 0.05) is 26.7 Å². The zero-order chi connectivity index (χ0) is 15.4. The predicted molar refractivity (Wildman–Crippen MR) is 86.4 cm³/mol. The lowest BCUT2D eigenvalue weighted by molar-refractivity contribution is 0.378. The fourth-order valence-corrected chi connectivity index (χ4v) is 2.70. The van der Waals surface area contributed by atoms with Crippen molar-refractivity contribution in [3.63, 3.8) is 0 Å². The van der Waals surface area contributed by atoms with Crippen LogP contribution in [0, 0.1) is 0 Å². The molecule has 6 heteroatoms. The molecule has 2 heterocycles. The minimum absolute atomic E-state index is 0.539. The largest absolute Gasteiger partial charge is 0.356 e. The molecule has 0 unspecified atom stereocenters. The van der Waals surface area contributed by atoms with Gasteiger partial charge in [-0.3, -0.25) is 0 Å². The second kappa shape index (κ2) is 6.60. The number of nitrogens with one attached hydrogen (secondary N) is 1. The number of hydrogen-bond donors (Lipinski definition) is 1. The van der Waals surface area contributed by atoms with Crippen molar-refractivity contribution < 1.29 is 0 Å². The zero-order valence-electron chi connectivity index (χ0n) is 13.2. The van der Waals surface area contributed by atoms with Crippen LogP contribution in [0.25, 0.3) is 0 Å². The Bertz CT molecular complexity index is 660. The van der Waals surface area contributed by atoms with Crippen molar-refractivity contribution in [2.24, 2.45) is 12.0 Å². The number of aromatic nitrogens is 3. The molecule has 2 aromatic rings. The molecule has 0 saturated heterocycles. The standard InChI is InChI=1S/C16H22N6/c1-3-17-16(18-10-15-20-19-12-21(15)2)22-9-8-13-6-4-5-7-14(13)11-22/h4-7,12H,3,8-11H2,1-2H3,(H,17,18). The number of hydrogen-bond acceptors (Lipinski definition) is 3. The highest BCUT2D eigenvalue weighted by molar-refractivity contribution is 5.80. The molecule has 1 aliphatic heterocycles. The number of guanidine groups is 1. The summed E-state index contributed by atoms with van der Waals surface area (Å²) in [6, 6.07) is 8.64. The number of fused-ring (bicyclic) bond motifs is 1. The van der Waals surface area contributed by atoms with Crippen LogP contribution in [-0.4, -0.2) is 38.7 Å². The molecule has 0 aliphatic carbocycles. The first-order valence-corrected chi connectivity index (χ1v) is 7.71. The lowest BCUT2D eigenvalue weighted by Crippen LogP contribution is -2.44. The number of aliphatic imine (C=N–C) groups is 1. The highest BCUT2D eigenvalue weighted by Gasteiger charge is 2.18. The van der Waals surface area contributed by atoms with Gasteiger partial charge >= 0.3 is 0 Å². The Labute approximate surface area is 130 Å². The Morgan fingerprint density at radius 3 is 2.86 bits per heavy atom. The van der Waals surface area contributed by atoms with Gasteiger partial charge in [0.1, 0.15) is 12.9 Å². The Morgan fingerprint density at radius 1 is 1.32 bits per heavy atom. The third-order valence-electron chi connectivity index (χ3n) is 3.94. The minimum Gasteiger partial charge on any atom is -0.356 e. The van der Waals surface area contributed by atoms with Crippen molar-refractivity contribution >= 4 is 5.96 Å². The van der Waals surface area contributed by atoms with Gasteiger partial charge in [0.15, 0.2) is 11.8 Å². The summed E-state index contributed by atoms with van der Waals surface area (Å²) in [6.45, 7) is 5.38. The molecule has 1 aromatic carbocycles. The third kappa shape index (κ3) is 3.10. The van der Waals surface area contributed by atoms with Gasteiger partial charge in [-0.2, -0.15) is 0 Å². The highest BCUT2D eigenvalue weighted by atomic mass is 15.3. The van der Waals surface area contributed by atoms with Crippen LogP contribution in [0.2, 0.25) is 0 Å². The van der Waals surface area contributed by atoms with Crippen molar-refractivity contribution in [1.82, 2.24) is 25.0 Å². The summed E-state index contributed by atoms with van der Waals surface area (Å²) in [5, 5.41) is 11.4. The van der Waals surface area contributed by atoms with Crippen molar-refractivity contribution in [3.8, 4) is 0 Å². The van der Waals surface area contributed by atoms with E-state index in [0.717, 1.165) is 37.8 Å². The van der Waals surface area contributed by atoms with Crippen LogP contribution >= 0.6 is 0 Å². The first-order chi connectivity index (χ1) is 10.8. The third-order valence-corrected chi connectivity index (χ3v) is 3.94. The fraction of sp³-hybridized carbons (Fsp3) is 0.438. The highest BCUT2D eigenvalue weighted by Crippen LogP contribution is 2.18. The molecule has 0 atom stereocenters. The molecule has 0 spiro atoms. The molecule has 0 radical (unpaired) electrons. The van der Waals surface area contributed by atoms with Crippen LogP contribution in [-0.2, 0) is 26.6 Å². The summed E-state index contributed by atoms with van der Waals surface area (Å²) in [5.74, 6) is 1.81. The summed E-state index contributed by atoms with van der Waals surface area (Å²) in [4.78, 5) is 7.03. The molecule has 116 valence electrons. The zero-order valence-corrected chi connectivity index (χ0v) is 13.2. The molecule has 0 bridgehead atoms. The average Bonchev–Trinajstić information content (AvgIpc) is 2.96. The maximum atomic E-state index is 4.72. The van der Waals surface area contributed by atoms with Gasteiger partial charge in [-0.25, -0.2) is 4.99 Å². The second-order valence-corrected chi connectivity index (χ2v) is 5.47. The van der Waals surface area contributed by atoms with E-state index < -0.39 is 0 Å². The van der Waals surface area contributed by atoms with Crippen LogP contribution in [0.5, 0.6) is 0 Å². The molecule has 0 amide bonds. The number of nitrogens with zero attached hydrogens (tertiary/aromatic N) is 5. The number of benzene rings is 1. The van der Waals surface area contributed by atoms with E-state index in [-0.39, 0.29) is 0 Å². The van der Waals surface area contributed by atoms with E-state index in [4.69, 9.17) is 4.99 Å². The monoisotopic (exact) mass is 298 g/mol. The Kier molecular flexibility index (Phi) is 4.37. The van der Waals surface area contributed by atoms with Gasteiger partial charge in [-0.05, 0) is 24.5 Å². The number of aryl methyl sites for hydroxylation is 1. The van der Waals surface area contributed by atoms with Crippen LogP contribution in [0.4, 0.5) is 0 Å². The van der Waals surface area contributed by atoms with Gasteiger partial charge in [0.25, 0.3) is 0 Å². The maximum Gasteiger partial charge on any atom is 0.194 e. The van der Waals surface area contributed by atoms with Crippen LogP contribution in [0.1, 0.15) is 23.9 Å². The molecule has 0 saturated carbocycles. The van der Waals surface area contributed by atoms with Gasteiger partial charge < -0.3 is 14.8 Å². The van der Waals surface area contributed by atoms with E-state index in [1.165, 1.54) is 11.1 Å². The van der Waals surface area contributed by atoms with Crippen molar-refractivity contribution in [1.29, 1.82) is 0 Å². The topological polar surface area (TPSA) is 58.3 Å². The molecular weight excluding hydrogens is 276 g/mol. The first kappa shape index (κ1) is 14.6. The fourth-order valence-electron chi connectivity index (χ4n) is 2.70. The summed E-state index contributed by atoms with van der Waals surface area (Å²) >= 11 is 0. The smallest absolute Gasteiger partial charge is 0.194 e. The van der Waals surface area contributed by atoms with E-state index in [9.17, 15) is 0 Å². The van der Waals surface area contributed by atoms with Crippen molar-refractivity contribution in [2.45, 2.75) is 26.4 Å². The van der Waals surface area contributed by atoms with Crippen LogP contribution < -0.4 is 5.32 Å². The summed E-state index contributed by atoms with van der Waals surface area (Å²) in [5.41, 5.74) is 2.83. The maximum absolute atomic E-state index is 4.72. The van der Waals surface area contributed by atoms with Crippen LogP contribution in [0.15, 0.2) is 35.6 Å². The molecule has 3 rings (SSSR count). The normalized spacial score (nSPS) is 14.8. The Hall–Kier alpha value is -2.37. The molecule has 1 aliphatic rings. The molecule has 22 heavy (non-hydrogen) atoms. The lowest BCUT2D eigenvalue weighted by atomic mass is 10.0. The first-order valence-electron chi connectivity index (χ1n) is 7.71. The molecule has 6 nitrogen and oxygen atoms in total. The molecular formula is C16H22N6.